The van der Waals surface area contributed by atoms with Crippen LogP contribution >= 0.6 is 11.6 Å². The van der Waals surface area contributed by atoms with Gasteiger partial charge in [-0.15, -0.1) is 0 Å². The highest BCUT2D eigenvalue weighted by Gasteiger charge is 2.20. The summed E-state index contributed by atoms with van der Waals surface area (Å²) < 4.78 is 26.7. The monoisotopic (exact) mass is 354 g/mol. The third-order valence-electron chi connectivity index (χ3n) is 3.30. The van der Waals surface area contributed by atoms with Crippen molar-refractivity contribution in [2.24, 2.45) is 0 Å². The van der Waals surface area contributed by atoms with Crippen molar-refractivity contribution in [3.8, 4) is 11.1 Å². The fourth-order valence-corrected chi connectivity index (χ4v) is 3.45. The normalized spacial score (nSPS) is 11.4. The van der Waals surface area contributed by atoms with E-state index in [1.807, 2.05) is 0 Å². The van der Waals surface area contributed by atoms with Crippen molar-refractivity contribution >= 4 is 27.3 Å². The summed E-state index contributed by atoms with van der Waals surface area (Å²) in [5, 5.41) is 11.5. The van der Waals surface area contributed by atoms with Gasteiger partial charge in [0.05, 0.1) is 15.4 Å². The van der Waals surface area contributed by atoms with Crippen molar-refractivity contribution < 1.29 is 13.3 Å². The second kappa shape index (κ2) is 6.66. The van der Waals surface area contributed by atoms with E-state index in [9.17, 15) is 18.5 Å². The molecule has 0 unspecified atom stereocenters. The molecule has 122 valence electrons. The second-order valence-electron chi connectivity index (χ2n) is 4.90. The van der Waals surface area contributed by atoms with Gasteiger partial charge in [0, 0.05) is 17.6 Å². The first-order chi connectivity index (χ1) is 10.8. The van der Waals surface area contributed by atoms with Crippen molar-refractivity contribution in [2.45, 2.75) is 18.7 Å². The van der Waals surface area contributed by atoms with Crippen LogP contribution in [0.5, 0.6) is 0 Å². The molecule has 1 N–H and O–H groups in total. The number of benzene rings is 2. The van der Waals surface area contributed by atoms with Crippen LogP contribution in [0.2, 0.25) is 5.02 Å². The predicted molar refractivity (Wildman–Crippen MR) is 89.1 cm³/mol. The second-order valence-corrected chi connectivity index (χ2v) is 7.10. The number of rotatable bonds is 5. The van der Waals surface area contributed by atoms with Gasteiger partial charge in [0.15, 0.2) is 0 Å². The quantitative estimate of drug-likeness (QED) is 0.657. The first kappa shape index (κ1) is 17.4. The Kier molecular flexibility index (Phi) is 5.03. The number of hydrogen-bond donors (Lipinski definition) is 1. The fraction of sp³-hybridized carbons (Fsp3) is 0.200. The number of sulfonamides is 1. The van der Waals surface area contributed by atoms with Crippen LogP contribution in [0.4, 0.5) is 5.69 Å². The third-order valence-corrected chi connectivity index (χ3v) is 5.08. The maximum atomic E-state index is 12.1. The van der Waals surface area contributed by atoms with Crippen LogP contribution < -0.4 is 4.72 Å². The van der Waals surface area contributed by atoms with Crippen molar-refractivity contribution in [1.29, 1.82) is 0 Å². The van der Waals surface area contributed by atoms with Crippen LogP contribution in [0.1, 0.15) is 12.5 Å². The Morgan fingerprint density at radius 3 is 2.48 bits per heavy atom. The molecule has 0 bridgehead atoms. The van der Waals surface area contributed by atoms with Gasteiger partial charge in [-0.3, -0.25) is 10.1 Å². The minimum absolute atomic E-state index is 0.0594. The van der Waals surface area contributed by atoms with E-state index in [2.05, 4.69) is 4.72 Å². The summed E-state index contributed by atoms with van der Waals surface area (Å²) in [4.78, 5) is 10.8. The molecule has 0 saturated carbocycles. The molecule has 0 aliphatic carbocycles. The highest BCUT2D eigenvalue weighted by atomic mass is 35.5. The topological polar surface area (TPSA) is 89.3 Å². The molecule has 0 saturated heterocycles. The smallest absolute Gasteiger partial charge is 0.258 e. The molecule has 2 rings (SSSR count). The molecule has 0 aromatic heterocycles. The molecule has 2 aromatic carbocycles. The van der Waals surface area contributed by atoms with Crippen LogP contribution in [0, 0.1) is 17.0 Å². The highest BCUT2D eigenvalue weighted by Crippen LogP contribution is 2.35. The lowest BCUT2D eigenvalue weighted by Crippen LogP contribution is -2.23. The van der Waals surface area contributed by atoms with Gasteiger partial charge < -0.3 is 0 Å². The van der Waals surface area contributed by atoms with Crippen molar-refractivity contribution in [1.82, 2.24) is 4.72 Å². The van der Waals surface area contributed by atoms with Gasteiger partial charge in [-0.2, -0.15) is 0 Å². The molecule has 8 heteroatoms. The van der Waals surface area contributed by atoms with Crippen molar-refractivity contribution in [3.63, 3.8) is 0 Å². The Hall–Kier alpha value is -1.96. The number of aryl methyl sites for hydroxylation is 1. The zero-order valence-electron chi connectivity index (χ0n) is 12.5. The molecule has 6 nitrogen and oxygen atoms in total. The molecule has 0 heterocycles. The lowest BCUT2D eigenvalue weighted by Gasteiger charge is -2.11. The summed E-state index contributed by atoms with van der Waals surface area (Å²) in [5.41, 5.74) is 1.36. The van der Waals surface area contributed by atoms with Crippen LogP contribution in [-0.4, -0.2) is 19.9 Å². The molecule has 0 spiro atoms. The molecule has 2 aromatic rings. The Morgan fingerprint density at radius 2 is 1.87 bits per heavy atom. The van der Waals surface area contributed by atoms with Gasteiger partial charge in [0.2, 0.25) is 10.0 Å². The largest absolute Gasteiger partial charge is 0.278 e. The molecular weight excluding hydrogens is 340 g/mol. The van der Waals surface area contributed by atoms with Crippen molar-refractivity contribution in [2.75, 3.05) is 6.54 Å². The number of nitrogens with zero attached hydrogens (tertiary/aromatic N) is 1. The molecule has 0 atom stereocenters. The maximum Gasteiger partial charge on any atom is 0.278 e. The van der Waals surface area contributed by atoms with E-state index < -0.39 is 14.9 Å². The average Bonchev–Trinajstić information content (AvgIpc) is 2.47. The van der Waals surface area contributed by atoms with Gasteiger partial charge in [-0.05, 0) is 42.3 Å². The van der Waals surface area contributed by atoms with E-state index in [1.165, 1.54) is 30.3 Å². The predicted octanol–water partition coefficient (Wildman–Crippen LogP) is 3.52. The summed E-state index contributed by atoms with van der Waals surface area (Å²) in [6.45, 7) is 3.70. The zero-order chi connectivity index (χ0) is 17.2. The standard InChI is InChI=1S/C15H15ClN2O4S/c1-3-17-23(21,22)12-6-4-10(2)14(9-12)13-7-5-11(16)8-15(13)18(19)20/h4-9,17H,3H2,1-2H3. The van der Waals surface area contributed by atoms with Gasteiger partial charge in [-0.1, -0.05) is 24.6 Å². The molecule has 0 aliphatic rings. The van der Waals surface area contributed by atoms with Gasteiger partial charge in [0.1, 0.15) is 0 Å². The van der Waals surface area contributed by atoms with Crippen LogP contribution in [0.25, 0.3) is 11.1 Å². The van der Waals surface area contributed by atoms with Gasteiger partial charge >= 0.3 is 0 Å². The van der Waals surface area contributed by atoms with Crippen LogP contribution in [0.3, 0.4) is 0 Å². The third kappa shape index (κ3) is 3.69. The number of halogens is 1. The Bertz CT molecular complexity index is 866. The van der Waals surface area contributed by atoms with E-state index >= 15 is 0 Å². The summed E-state index contributed by atoms with van der Waals surface area (Å²) in [7, 11) is -3.64. The number of nitrogens with one attached hydrogen (secondary N) is 1. The first-order valence-electron chi connectivity index (χ1n) is 6.81. The number of hydrogen-bond acceptors (Lipinski definition) is 4. The Balaban J connectivity index is 2.68. The Morgan fingerprint density at radius 1 is 1.17 bits per heavy atom. The SMILES string of the molecule is CCNS(=O)(=O)c1ccc(C)c(-c2ccc(Cl)cc2[N+](=O)[O-])c1. The van der Waals surface area contributed by atoms with E-state index in [1.54, 1.807) is 19.9 Å². The minimum atomic E-state index is -3.64. The first-order valence-corrected chi connectivity index (χ1v) is 8.67. The molecule has 23 heavy (non-hydrogen) atoms. The molecule has 0 radical (unpaired) electrons. The summed E-state index contributed by atoms with van der Waals surface area (Å²) in [5.74, 6) is 0. The fourth-order valence-electron chi connectivity index (χ4n) is 2.22. The summed E-state index contributed by atoms with van der Waals surface area (Å²) >= 11 is 5.82. The van der Waals surface area contributed by atoms with Crippen LogP contribution in [0.15, 0.2) is 41.3 Å². The minimum Gasteiger partial charge on any atom is -0.258 e. The molecule has 0 fully saturated rings. The number of nitro groups is 1. The number of nitro benzene ring substituents is 1. The lowest BCUT2D eigenvalue weighted by molar-refractivity contribution is -0.384. The highest BCUT2D eigenvalue weighted by molar-refractivity contribution is 7.89. The molecular formula is C15H15ClN2O4S. The average molecular weight is 355 g/mol. The van der Waals surface area contributed by atoms with E-state index in [-0.39, 0.29) is 22.2 Å². The maximum absolute atomic E-state index is 12.1. The van der Waals surface area contributed by atoms with E-state index in [0.29, 0.717) is 11.1 Å². The van der Waals surface area contributed by atoms with Crippen LogP contribution in [-0.2, 0) is 10.0 Å². The lowest BCUT2D eigenvalue weighted by atomic mass is 9.99. The summed E-state index contributed by atoms with van der Waals surface area (Å²) in [6.07, 6.45) is 0. The van der Waals surface area contributed by atoms with Crippen molar-refractivity contribution in [3.05, 3.63) is 57.1 Å². The molecule has 0 aliphatic heterocycles. The molecule has 0 amide bonds. The Labute approximate surface area is 139 Å². The summed E-state index contributed by atoms with van der Waals surface area (Å²) in [6, 6.07) is 8.84. The van der Waals surface area contributed by atoms with Gasteiger partial charge in [0.25, 0.3) is 5.69 Å². The van der Waals surface area contributed by atoms with E-state index in [4.69, 9.17) is 11.6 Å². The van der Waals surface area contributed by atoms with E-state index in [0.717, 1.165) is 5.56 Å². The zero-order valence-corrected chi connectivity index (χ0v) is 14.1. The van der Waals surface area contributed by atoms with Gasteiger partial charge in [-0.25, -0.2) is 13.1 Å².